The van der Waals surface area contributed by atoms with E-state index in [0.29, 0.717) is 147 Å². The molecule has 6 amide bonds. The number of pyridine rings is 5. The van der Waals surface area contributed by atoms with E-state index in [4.69, 9.17) is 14.7 Å². The molecule has 17 heterocycles. The number of aryl methyl sites for hydroxylation is 10. The highest BCUT2D eigenvalue weighted by Gasteiger charge is 2.49. The van der Waals surface area contributed by atoms with Gasteiger partial charge in [0, 0.05) is 89.0 Å². The first kappa shape index (κ1) is 98.7. The van der Waals surface area contributed by atoms with Crippen LogP contribution in [0.3, 0.4) is 0 Å². The number of nitrogens with zero attached hydrogens (tertiary/aromatic N) is 17. The second-order valence-electron chi connectivity index (χ2n) is 39.7. The predicted octanol–water partition coefficient (Wildman–Crippen LogP) is 17.3. The number of ether oxygens (including phenoxy) is 1. The van der Waals surface area contributed by atoms with Gasteiger partial charge in [0.15, 0.2) is 26.5 Å². The lowest BCUT2D eigenvalue weighted by Crippen LogP contribution is -2.39. The first-order chi connectivity index (χ1) is 66.6. The Morgan fingerprint density at radius 3 is 0.971 bits per heavy atom. The minimum atomic E-state index is -3.62. The number of aromatic nitrogens is 10. The van der Waals surface area contributed by atoms with Gasteiger partial charge in [-0.15, -0.1) is 56.7 Å². The molecule has 2 saturated heterocycles. The van der Waals surface area contributed by atoms with Gasteiger partial charge in [0.05, 0.1) is 164 Å². The van der Waals surface area contributed by atoms with E-state index in [1.807, 2.05) is 113 Å². The van der Waals surface area contributed by atoms with E-state index in [2.05, 4.69) is 99.8 Å². The monoisotopic (exact) mass is 2050 g/mol. The highest BCUT2D eigenvalue weighted by Crippen LogP contribution is 2.50. The summed E-state index contributed by atoms with van der Waals surface area (Å²) in [5.74, 6) is 4.16. The molecular weight excluding hydrogens is 1930 g/mol. The summed E-state index contributed by atoms with van der Waals surface area (Å²) in [5, 5.41) is 4.35. The van der Waals surface area contributed by atoms with Crippen molar-refractivity contribution in [3.63, 3.8) is 0 Å². The number of anilines is 4. The molecule has 0 bridgehead atoms. The zero-order chi connectivity index (χ0) is 99.2. The van der Waals surface area contributed by atoms with Crippen LogP contribution in [-0.4, -0.2) is 215 Å². The molecule has 32 nitrogen and oxygen atoms in total. The van der Waals surface area contributed by atoms with Crippen molar-refractivity contribution in [3.05, 3.63) is 139 Å². The van der Waals surface area contributed by atoms with Crippen LogP contribution in [0.1, 0.15) is 271 Å². The maximum atomic E-state index is 13.4. The third-order valence-electron chi connectivity index (χ3n) is 29.3. The summed E-state index contributed by atoms with van der Waals surface area (Å²) in [7, 11) is -10.7. The van der Waals surface area contributed by atoms with E-state index >= 15 is 0 Å². The number of thiazole rings is 5. The summed E-state index contributed by atoms with van der Waals surface area (Å²) < 4.78 is 86.0. The van der Waals surface area contributed by atoms with Crippen molar-refractivity contribution < 1.29 is 58.8 Å². The van der Waals surface area contributed by atoms with Crippen LogP contribution in [0.5, 0.6) is 0 Å². The number of sulfone groups is 1. The second-order valence-corrected chi connectivity index (χ2v) is 51.8. The molecule has 2 N–H and O–H groups in total. The van der Waals surface area contributed by atoms with Crippen LogP contribution >= 0.6 is 56.7 Å². The van der Waals surface area contributed by atoms with Crippen LogP contribution in [0.15, 0.2) is 35.4 Å². The van der Waals surface area contributed by atoms with Gasteiger partial charge < -0.3 is 34.1 Å². The third-order valence-corrected chi connectivity index (χ3v) is 39.5. The third kappa shape index (κ3) is 19.9. The molecule has 10 aromatic rings. The van der Waals surface area contributed by atoms with Crippen LogP contribution in [0.25, 0.3) is 52.9 Å². The minimum absolute atomic E-state index is 0.0281. The van der Waals surface area contributed by atoms with Gasteiger partial charge >= 0.3 is 0 Å². The van der Waals surface area contributed by atoms with E-state index in [1.165, 1.54) is 59.7 Å². The lowest BCUT2D eigenvalue weighted by molar-refractivity contribution is -0.117. The van der Waals surface area contributed by atoms with Crippen LogP contribution in [-0.2, 0) is 72.1 Å². The van der Waals surface area contributed by atoms with Crippen molar-refractivity contribution in [2.75, 3.05) is 63.6 Å². The standard InChI is InChI=1S/C21H26N4O2S.C21H24N4O2S.C20H24N4O3S2.C19H24N4O3S2.C19H23N3O3S2/c1-12-19(28-14(3)22-12)17-10-16-11-25(13(2)15-4-5-15)21(26)18(16)20(23-17)24-6-8-27-9-7-24;1-11-19(28-13(3)22-11)16-9-15-10-25(12(2)14-6-7-14)21(27)18(15)20(23-16)24-8-4-5-17(24)26;1-10-18(28-12(3)21-10)16-8-14-9-24(11(2)13-4-5-13)20(25)17(14)19(22-16)23-29(26,27)15-6-7-15;1-5-28(25,26)22-18-16-14(9-23(19(16)24)11(3)13-6-7-13)8-15(21-18)17-10(2)20-12(4)27-17;1-5-27(24,25)18-16-14(9-22(19(16)23)11(3)13-6-7-13)8-15(21-18)17-10(2)20-12(4)26-17/h10,13,15H,4-9,11H2,1-3H3;9,12,14H,4-8,10H2,1-3H3;8,11,13,15H,4-7,9H2,1-3H3,(H,22,23);8,11,13H,5-7,9H2,1-4H3,(H,21,22);8,11,13H,5-7,9H2,1-4H3/t13-;12-;3*11-/m10000/s1. The molecule has 23 rings (SSSR count). The topological polar surface area (TPSA) is 390 Å². The molecule has 0 unspecified atom stereocenters. The number of hydrogen-bond donors (Lipinski definition) is 2. The van der Waals surface area contributed by atoms with Gasteiger partial charge in [0.25, 0.3) is 29.5 Å². The molecule has 6 aliphatic carbocycles. The zero-order valence-electron chi connectivity index (χ0n) is 82.3. The van der Waals surface area contributed by atoms with E-state index in [1.54, 1.807) is 41.4 Å². The molecule has 6 saturated carbocycles. The minimum Gasteiger partial charge on any atom is -0.378 e. The highest BCUT2D eigenvalue weighted by molar-refractivity contribution is 7.93. The number of nitrogens with one attached hydrogen (secondary N) is 2. The number of sulfonamides is 2. The Morgan fingerprint density at radius 2 is 0.664 bits per heavy atom. The van der Waals surface area contributed by atoms with Crippen LogP contribution in [0.2, 0.25) is 0 Å². The molecule has 13 aliphatic rings. The first-order valence-corrected chi connectivity index (χ1v) is 57.9. The van der Waals surface area contributed by atoms with E-state index in [0.717, 1.165) is 187 Å². The number of carbonyl (C=O) groups is 6. The average Bonchev–Trinajstić information content (AvgIpc) is 1.65. The molecule has 10 aromatic heterocycles. The van der Waals surface area contributed by atoms with Crippen molar-refractivity contribution >= 4 is 145 Å². The summed E-state index contributed by atoms with van der Waals surface area (Å²) in [6, 6.07) is 10.8. The quantitative estimate of drug-likeness (QED) is 0.0536. The molecule has 0 spiro atoms. The molecule has 0 radical (unpaired) electrons. The first-order valence-electron chi connectivity index (χ1n) is 49.0. The Balaban J connectivity index is 0.000000111. The number of morpholine rings is 1. The van der Waals surface area contributed by atoms with E-state index in [-0.39, 0.29) is 98.6 Å². The Bertz CT molecular complexity index is 7060. The highest BCUT2D eigenvalue weighted by atomic mass is 32.2. The summed E-state index contributed by atoms with van der Waals surface area (Å²) in [6.45, 7) is 39.5. The molecule has 7 aliphatic heterocycles. The van der Waals surface area contributed by atoms with Gasteiger partial charge in [0.2, 0.25) is 26.0 Å². The van der Waals surface area contributed by atoms with Crippen molar-refractivity contribution in [1.29, 1.82) is 0 Å². The number of carbonyl (C=O) groups excluding carboxylic acids is 6. The number of amides is 6. The van der Waals surface area contributed by atoms with Crippen LogP contribution < -0.4 is 19.2 Å². The molecule has 0 aromatic carbocycles. The van der Waals surface area contributed by atoms with E-state index < -0.39 is 29.9 Å². The molecule has 5 atom stereocenters. The van der Waals surface area contributed by atoms with Gasteiger partial charge in [-0.05, 0) is 282 Å². The van der Waals surface area contributed by atoms with Gasteiger partial charge in [0.1, 0.15) is 11.6 Å². The number of hydrogen-bond acceptors (Lipinski definition) is 29. The summed E-state index contributed by atoms with van der Waals surface area (Å²) in [6.07, 6.45) is 14.3. The maximum Gasteiger partial charge on any atom is 0.258 e. The summed E-state index contributed by atoms with van der Waals surface area (Å²) >= 11 is 7.83. The van der Waals surface area contributed by atoms with Crippen molar-refractivity contribution in [2.24, 2.45) is 29.6 Å². The number of fused-ring (bicyclic) bond motifs is 5. The Kier molecular flexibility index (Phi) is 27.2. The largest absolute Gasteiger partial charge is 0.378 e. The van der Waals surface area contributed by atoms with Gasteiger partial charge in [-0.1, -0.05) is 6.92 Å². The van der Waals surface area contributed by atoms with E-state index in [9.17, 15) is 54.0 Å². The average molecular weight is 2050 g/mol. The molecule has 742 valence electrons. The molecule has 8 fully saturated rings. The SMILES string of the molecule is CCS(=O)(=O)Nc1nc(-c2sc(C)nc2C)cc2c1C(=O)N([C@@H](C)C1CC1)C2.CCS(=O)(=O)c1nc(-c2sc(C)nc2C)cc2c1C(=O)N([C@@H](C)C1CC1)C2.Cc1nc(C)c(-c2cc3c(c(N4CCCC4=O)n2)C(=O)N([C@@H](C)C2CC2)C3)s1.Cc1nc(C)c(-c2cc3c(c(N4CCOCC4)n2)C(=O)N([C@H](C)C2CC2)C3)s1.Cc1nc(C)c(-c2cc3c(c(NS(=O)(=O)C4CC4)n2)C(=O)N([C@@H](C)C2CC2)C3)s1. The van der Waals surface area contributed by atoms with Gasteiger partial charge in [-0.2, -0.15) is 0 Å². The lowest BCUT2D eigenvalue weighted by atomic mass is 10.1. The summed E-state index contributed by atoms with van der Waals surface area (Å²) in [5.41, 5.74) is 15.2. The Labute approximate surface area is 838 Å². The maximum absolute atomic E-state index is 13.4. The van der Waals surface area contributed by atoms with Crippen molar-refractivity contribution in [1.82, 2.24) is 74.3 Å². The normalized spacial score (nSPS) is 19.4. The smallest absolute Gasteiger partial charge is 0.258 e. The predicted molar refractivity (Wildman–Crippen MR) is 545 cm³/mol. The lowest BCUT2D eigenvalue weighted by Gasteiger charge is -2.29. The van der Waals surface area contributed by atoms with Crippen LogP contribution in [0, 0.1) is 98.8 Å². The summed E-state index contributed by atoms with van der Waals surface area (Å²) in [4.78, 5) is 143. The Hall–Kier alpha value is -10.1. The fourth-order valence-electron chi connectivity index (χ4n) is 20.4. The molecule has 40 heteroatoms. The molecule has 140 heavy (non-hydrogen) atoms. The van der Waals surface area contributed by atoms with Crippen molar-refractivity contribution in [2.45, 2.75) is 281 Å². The van der Waals surface area contributed by atoms with Crippen LogP contribution in [0.4, 0.5) is 23.3 Å². The fraction of sp³-hybridized carbons (Fsp3) is 0.540. The van der Waals surface area contributed by atoms with Gasteiger partial charge in [-0.3, -0.25) is 43.1 Å². The van der Waals surface area contributed by atoms with Gasteiger partial charge in [-0.25, -0.2) is 75.1 Å². The fourth-order valence-corrected chi connectivity index (χ4v) is 27.7. The van der Waals surface area contributed by atoms with Crippen molar-refractivity contribution in [3.8, 4) is 52.9 Å². The second kappa shape index (κ2) is 38.6. The number of rotatable bonds is 25. The zero-order valence-corrected chi connectivity index (χ0v) is 88.8. The Morgan fingerprint density at radius 1 is 0.364 bits per heavy atom. The molecular formula is C100H121N19O13S8.